The third kappa shape index (κ3) is 3.61. The zero-order valence-electron chi connectivity index (χ0n) is 10.7. The van der Waals surface area contributed by atoms with Crippen molar-refractivity contribution in [1.82, 2.24) is 4.90 Å². The van der Waals surface area contributed by atoms with Crippen LogP contribution in [0.2, 0.25) is 5.02 Å². The van der Waals surface area contributed by atoms with Gasteiger partial charge in [0.15, 0.2) is 0 Å². The fraction of sp³-hybridized carbons (Fsp3) is 0.571. The number of likely N-dealkylation sites (tertiary alicyclic amines) is 1. The Kier molecular flexibility index (Phi) is 4.87. The lowest BCUT2D eigenvalue weighted by atomic mass is 10.0. The van der Waals surface area contributed by atoms with Gasteiger partial charge in [0, 0.05) is 17.5 Å². The first-order valence-corrected chi connectivity index (χ1v) is 6.85. The van der Waals surface area contributed by atoms with Gasteiger partial charge in [0.2, 0.25) is 0 Å². The van der Waals surface area contributed by atoms with Gasteiger partial charge < -0.3 is 14.7 Å². The zero-order chi connectivity index (χ0) is 13.0. The molecule has 3 nitrogen and oxygen atoms in total. The third-order valence-corrected chi connectivity index (χ3v) is 3.75. The molecule has 18 heavy (non-hydrogen) atoms. The number of benzene rings is 1. The first-order chi connectivity index (χ1) is 8.69. The van der Waals surface area contributed by atoms with Gasteiger partial charge in [-0.1, -0.05) is 24.6 Å². The highest BCUT2D eigenvalue weighted by Gasteiger charge is 2.27. The largest absolute Gasteiger partial charge is 0.491 e. The molecule has 1 aliphatic heterocycles. The van der Waals surface area contributed by atoms with Crippen molar-refractivity contribution in [3.8, 4) is 5.75 Å². The summed E-state index contributed by atoms with van der Waals surface area (Å²) in [5, 5.41) is 10.8. The van der Waals surface area contributed by atoms with Crippen molar-refractivity contribution in [2.24, 2.45) is 5.92 Å². The minimum atomic E-state index is -0.402. The Labute approximate surface area is 113 Å². The lowest BCUT2D eigenvalue weighted by Crippen LogP contribution is -2.30. The number of aliphatic hydroxyl groups is 1. The second-order valence-electron chi connectivity index (χ2n) is 4.78. The maximum absolute atomic E-state index is 10.1. The van der Waals surface area contributed by atoms with Gasteiger partial charge in [-0.3, -0.25) is 0 Å². The Morgan fingerprint density at radius 2 is 2.39 bits per heavy atom. The number of hydrogen-bond acceptors (Lipinski definition) is 3. The molecule has 2 unspecified atom stereocenters. The lowest BCUT2D eigenvalue weighted by Gasteiger charge is -2.19. The van der Waals surface area contributed by atoms with Crippen molar-refractivity contribution in [2.75, 3.05) is 26.2 Å². The molecule has 0 radical (unpaired) electrons. The zero-order valence-corrected chi connectivity index (χ0v) is 11.4. The smallest absolute Gasteiger partial charge is 0.120 e. The lowest BCUT2D eigenvalue weighted by molar-refractivity contribution is 0.0599. The predicted octanol–water partition coefficient (Wildman–Crippen LogP) is 2.42. The molecule has 0 bridgehead atoms. The Morgan fingerprint density at radius 3 is 3.06 bits per heavy atom. The predicted molar refractivity (Wildman–Crippen MR) is 73.2 cm³/mol. The molecule has 1 fully saturated rings. The van der Waals surface area contributed by atoms with Crippen LogP contribution in [-0.2, 0) is 0 Å². The van der Waals surface area contributed by atoms with E-state index in [1.807, 2.05) is 12.1 Å². The van der Waals surface area contributed by atoms with Crippen molar-refractivity contribution in [3.05, 3.63) is 29.3 Å². The van der Waals surface area contributed by atoms with Crippen molar-refractivity contribution in [3.63, 3.8) is 0 Å². The van der Waals surface area contributed by atoms with Crippen molar-refractivity contribution < 1.29 is 9.84 Å². The maximum Gasteiger partial charge on any atom is 0.120 e. The average molecular weight is 270 g/mol. The quantitative estimate of drug-likeness (QED) is 0.891. The molecule has 2 rings (SSSR count). The summed E-state index contributed by atoms with van der Waals surface area (Å²) in [6, 6.07) is 7.27. The number of nitrogens with zero attached hydrogens (tertiary/aromatic N) is 1. The molecule has 1 aliphatic rings. The first kappa shape index (κ1) is 13.7. The fourth-order valence-electron chi connectivity index (χ4n) is 2.34. The molecular formula is C14H20ClNO2. The molecule has 4 heteroatoms. The van der Waals surface area contributed by atoms with E-state index in [2.05, 4.69) is 11.8 Å². The van der Waals surface area contributed by atoms with Crippen LogP contribution in [0.4, 0.5) is 0 Å². The summed E-state index contributed by atoms with van der Waals surface area (Å²) in [6.07, 6.45) is 0.647. The van der Waals surface area contributed by atoms with Crippen LogP contribution < -0.4 is 4.74 Å². The van der Waals surface area contributed by atoms with Crippen LogP contribution in [0.1, 0.15) is 13.3 Å². The number of hydrogen-bond donors (Lipinski definition) is 1. The van der Waals surface area contributed by atoms with Crippen LogP contribution >= 0.6 is 11.6 Å². The summed E-state index contributed by atoms with van der Waals surface area (Å²) in [7, 11) is 0. The number of ether oxygens (including phenoxy) is 1. The van der Waals surface area contributed by atoms with Crippen LogP contribution in [0.3, 0.4) is 0 Å². The van der Waals surface area contributed by atoms with E-state index in [0.717, 1.165) is 26.1 Å². The van der Waals surface area contributed by atoms with E-state index in [-0.39, 0.29) is 0 Å². The maximum atomic E-state index is 10.1. The molecular weight excluding hydrogens is 250 g/mol. The first-order valence-electron chi connectivity index (χ1n) is 6.48. The topological polar surface area (TPSA) is 32.7 Å². The summed E-state index contributed by atoms with van der Waals surface area (Å²) in [4.78, 5) is 2.35. The van der Waals surface area contributed by atoms with Gasteiger partial charge in [0.05, 0.1) is 6.10 Å². The summed E-state index contributed by atoms with van der Waals surface area (Å²) in [5.41, 5.74) is 0. The Morgan fingerprint density at radius 1 is 1.56 bits per heavy atom. The molecule has 0 saturated carbocycles. The van der Waals surface area contributed by atoms with Crippen LogP contribution in [0, 0.1) is 5.92 Å². The molecule has 0 amide bonds. The van der Waals surface area contributed by atoms with E-state index in [4.69, 9.17) is 16.3 Å². The highest BCUT2D eigenvalue weighted by atomic mass is 35.5. The van der Waals surface area contributed by atoms with Crippen molar-refractivity contribution in [1.29, 1.82) is 0 Å². The summed E-state index contributed by atoms with van der Waals surface area (Å²) in [6.45, 7) is 5.59. The van der Waals surface area contributed by atoms with E-state index in [1.54, 1.807) is 12.1 Å². The van der Waals surface area contributed by atoms with Crippen molar-refractivity contribution in [2.45, 2.75) is 19.4 Å². The highest BCUT2D eigenvalue weighted by molar-refractivity contribution is 6.30. The van der Waals surface area contributed by atoms with Gasteiger partial charge in [-0.25, -0.2) is 0 Å². The molecule has 1 aromatic carbocycles. The monoisotopic (exact) mass is 269 g/mol. The molecule has 1 aromatic rings. The summed E-state index contributed by atoms with van der Waals surface area (Å²) >= 11 is 5.88. The minimum absolute atomic E-state index is 0.323. The summed E-state index contributed by atoms with van der Waals surface area (Å²) in [5.74, 6) is 1.04. The Hall–Kier alpha value is -0.770. The molecule has 0 aliphatic carbocycles. The van der Waals surface area contributed by atoms with Crippen LogP contribution in [0.25, 0.3) is 0 Å². The molecule has 1 heterocycles. The number of rotatable bonds is 5. The Balaban J connectivity index is 1.80. The normalized spacial score (nSPS) is 22.1. The van der Waals surface area contributed by atoms with Gasteiger partial charge in [0.1, 0.15) is 12.4 Å². The van der Waals surface area contributed by atoms with Gasteiger partial charge in [-0.2, -0.15) is 0 Å². The van der Waals surface area contributed by atoms with Crippen LogP contribution in [0.15, 0.2) is 24.3 Å². The van der Waals surface area contributed by atoms with E-state index in [0.29, 0.717) is 23.3 Å². The van der Waals surface area contributed by atoms with Gasteiger partial charge >= 0.3 is 0 Å². The van der Waals surface area contributed by atoms with Gasteiger partial charge in [-0.05, 0) is 37.7 Å². The van der Waals surface area contributed by atoms with E-state index in [9.17, 15) is 5.11 Å². The number of halogens is 1. The number of aliphatic hydroxyl groups excluding tert-OH is 1. The molecule has 0 spiro atoms. The van der Waals surface area contributed by atoms with Gasteiger partial charge in [0.25, 0.3) is 0 Å². The summed E-state index contributed by atoms with van der Waals surface area (Å²) < 4.78 is 5.58. The molecule has 0 aromatic heterocycles. The van der Waals surface area contributed by atoms with Crippen LogP contribution in [-0.4, -0.2) is 42.4 Å². The molecule has 2 atom stereocenters. The van der Waals surface area contributed by atoms with E-state index >= 15 is 0 Å². The van der Waals surface area contributed by atoms with Crippen molar-refractivity contribution >= 4 is 11.6 Å². The highest BCUT2D eigenvalue weighted by Crippen LogP contribution is 2.21. The standard InChI is InChI=1S/C14H20ClNO2/c1-2-16-7-6-11(9-16)14(17)10-18-13-5-3-4-12(15)8-13/h3-5,8,11,14,17H,2,6-7,9-10H2,1H3. The second kappa shape index (κ2) is 6.41. The van der Waals surface area contributed by atoms with Gasteiger partial charge in [-0.15, -0.1) is 0 Å². The third-order valence-electron chi connectivity index (χ3n) is 3.52. The van der Waals surface area contributed by atoms with Crippen LogP contribution in [0.5, 0.6) is 5.75 Å². The molecule has 1 saturated heterocycles. The average Bonchev–Trinajstić information content (AvgIpc) is 2.85. The SMILES string of the molecule is CCN1CCC(C(O)COc2cccc(Cl)c2)C1. The van der Waals surface area contributed by atoms with E-state index in [1.165, 1.54) is 0 Å². The second-order valence-corrected chi connectivity index (χ2v) is 5.21. The Bertz CT molecular complexity index is 386. The molecule has 1 N–H and O–H groups in total. The minimum Gasteiger partial charge on any atom is -0.491 e. The fourth-order valence-corrected chi connectivity index (χ4v) is 2.52. The molecule has 100 valence electrons. The van der Waals surface area contributed by atoms with E-state index < -0.39 is 6.10 Å².